The molecule has 3 fully saturated rings. The molecular weight excluding hydrogens is 803 g/mol. The van der Waals surface area contributed by atoms with E-state index in [0.29, 0.717) is 44.2 Å². The van der Waals surface area contributed by atoms with E-state index in [9.17, 15) is 32.7 Å². The SMILES string of the molecule is COC(=O)N[C@H](C(=O)N1CC2(CC1c1ncc(-c3ccc(-c4ccc(-c5cnc([C@@H]6CCCN6C(=O)[C@H](C(C)C)N(C)C(=O)O)[nH]5)cc4)cc3)[nH]1)CN(S(C)(=O)=O)C2)C(C)C. The average Bonchev–Trinajstić information content (AvgIpc) is 4.04. The molecule has 0 saturated carbocycles. The van der Waals surface area contributed by atoms with Crippen LogP contribution in [0.2, 0.25) is 0 Å². The van der Waals surface area contributed by atoms with Crippen molar-refractivity contribution in [2.75, 3.05) is 46.6 Å². The van der Waals surface area contributed by atoms with Gasteiger partial charge in [-0.05, 0) is 53.4 Å². The minimum absolute atomic E-state index is 0.190. The van der Waals surface area contributed by atoms with Crippen LogP contribution in [0.4, 0.5) is 9.59 Å². The van der Waals surface area contributed by atoms with Crippen LogP contribution in [0.25, 0.3) is 33.6 Å². The Morgan fingerprint density at radius 2 is 1.34 bits per heavy atom. The molecule has 0 radical (unpaired) electrons. The molecule has 2 aromatic heterocycles. The van der Waals surface area contributed by atoms with Crippen molar-refractivity contribution in [2.45, 2.75) is 71.1 Å². The number of rotatable bonds is 12. The second-order valence-electron chi connectivity index (χ2n) is 17.4. The molecule has 3 saturated heterocycles. The summed E-state index contributed by atoms with van der Waals surface area (Å²) in [6.45, 7) is 8.86. The third-order valence-corrected chi connectivity index (χ3v) is 13.6. The average molecular weight is 858 g/mol. The van der Waals surface area contributed by atoms with E-state index in [4.69, 9.17) is 9.72 Å². The van der Waals surface area contributed by atoms with Crippen LogP contribution in [0.3, 0.4) is 0 Å². The minimum Gasteiger partial charge on any atom is -0.465 e. The van der Waals surface area contributed by atoms with E-state index < -0.39 is 45.8 Å². The number of methoxy groups -OCH3 is 1. The zero-order valence-electron chi connectivity index (χ0n) is 35.6. The smallest absolute Gasteiger partial charge is 0.407 e. The number of sulfonamides is 1. The lowest BCUT2D eigenvalue weighted by atomic mass is 9.79. The lowest BCUT2D eigenvalue weighted by molar-refractivity contribution is -0.138. The maximum atomic E-state index is 14.1. The van der Waals surface area contributed by atoms with Crippen molar-refractivity contribution in [3.63, 3.8) is 0 Å². The minimum atomic E-state index is -3.38. The maximum absolute atomic E-state index is 14.1. The molecule has 1 spiro atoms. The number of imidazole rings is 2. The molecule has 17 nitrogen and oxygen atoms in total. The number of H-pyrrole nitrogens is 2. The van der Waals surface area contributed by atoms with Crippen LogP contribution in [0, 0.1) is 17.3 Å². The number of hydrogen-bond acceptors (Lipinski definition) is 9. The van der Waals surface area contributed by atoms with Crippen LogP contribution in [-0.2, 0) is 24.3 Å². The molecule has 3 aliphatic heterocycles. The van der Waals surface area contributed by atoms with Crippen molar-refractivity contribution in [1.82, 2.24) is 44.3 Å². The van der Waals surface area contributed by atoms with Crippen LogP contribution in [0.15, 0.2) is 60.9 Å². The Morgan fingerprint density at radius 3 is 1.82 bits per heavy atom. The summed E-state index contributed by atoms with van der Waals surface area (Å²) < 4.78 is 30.8. The number of aromatic nitrogens is 4. The zero-order valence-corrected chi connectivity index (χ0v) is 36.4. The van der Waals surface area contributed by atoms with E-state index in [1.165, 1.54) is 24.7 Å². The number of hydrogen-bond donors (Lipinski definition) is 4. The lowest BCUT2D eigenvalue weighted by Gasteiger charge is -2.46. The molecule has 18 heteroatoms. The second kappa shape index (κ2) is 17.0. The summed E-state index contributed by atoms with van der Waals surface area (Å²) in [6, 6.07) is 13.8. The molecule has 2 aromatic carbocycles. The number of nitrogens with zero attached hydrogens (tertiary/aromatic N) is 6. The Hall–Kier alpha value is -5.75. The Kier molecular flexibility index (Phi) is 12.0. The summed E-state index contributed by atoms with van der Waals surface area (Å²) in [7, 11) is -0.695. The topological polar surface area (TPSA) is 214 Å². The van der Waals surface area contributed by atoms with Gasteiger partial charge in [-0.1, -0.05) is 76.2 Å². The molecule has 326 valence electrons. The van der Waals surface area contributed by atoms with Crippen LogP contribution < -0.4 is 5.32 Å². The molecule has 0 aliphatic carbocycles. The molecule has 1 unspecified atom stereocenters. The molecule has 5 heterocycles. The van der Waals surface area contributed by atoms with Gasteiger partial charge in [0.2, 0.25) is 21.8 Å². The number of benzene rings is 2. The Morgan fingerprint density at radius 1 is 0.820 bits per heavy atom. The van der Waals surface area contributed by atoms with E-state index in [1.54, 1.807) is 22.2 Å². The van der Waals surface area contributed by atoms with Crippen molar-refractivity contribution in [1.29, 1.82) is 0 Å². The predicted molar refractivity (Wildman–Crippen MR) is 227 cm³/mol. The van der Waals surface area contributed by atoms with E-state index in [2.05, 4.69) is 20.3 Å². The fourth-order valence-electron chi connectivity index (χ4n) is 9.07. The molecule has 4 atom stereocenters. The quantitative estimate of drug-likeness (QED) is 0.143. The lowest BCUT2D eigenvalue weighted by Crippen LogP contribution is -2.60. The predicted octanol–water partition coefficient (Wildman–Crippen LogP) is 5.35. The summed E-state index contributed by atoms with van der Waals surface area (Å²) in [6.07, 6.45) is 4.89. The number of likely N-dealkylation sites (N-methyl/N-ethyl adjacent to an activating group) is 1. The number of amides is 4. The highest BCUT2D eigenvalue weighted by atomic mass is 32.2. The first-order valence-corrected chi connectivity index (χ1v) is 22.4. The van der Waals surface area contributed by atoms with Crippen LogP contribution in [0.1, 0.15) is 70.7 Å². The number of aromatic amines is 2. The second-order valence-corrected chi connectivity index (χ2v) is 19.3. The molecule has 4 aromatic rings. The van der Waals surface area contributed by atoms with Gasteiger partial charge in [-0.3, -0.25) is 14.5 Å². The van der Waals surface area contributed by atoms with Gasteiger partial charge in [-0.25, -0.2) is 32.3 Å². The first-order valence-electron chi connectivity index (χ1n) is 20.6. The fraction of sp³-hybridized carbons (Fsp3) is 0.488. The van der Waals surface area contributed by atoms with E-state index in [0.717, 1.165) is 51.4 Å². The zero-order chi connectivity index (χ0) is 44.0. The summed E-state index contributed by atoms with van der Waals surface area (Å²) >= 11 is 0. The largest absolute Gasteiger partial charge is 0.465 e. The van der Waals surface area contributed by atoms with Crippen LogP contribution >= 0.6 is 0 Å². The van der Waals surface area contributed by atoms with E-state index >= 15 is 0 Å². The molecule has 0 bridgehead atoms. The number of alkyl carbamates (subject to hydrolysis) is 1. The molecule has 4 amide bonds. The molecule has 4 N–H and O–H groups in total. The number of carbonyl (C=O) groups is 4. The van der Waals surface area contributed by atoms with Gasteiger partial charge in [-0.2, -0.15) is 0 Å². The highest BCUT2D eigenvalue weighted by Crippen LogP contribution is 2.49. The number of likely N-dealkylation sites (tertiary alicyclic amines) is 2. The third kappa shape index (κ3) is 8.73. The van der Waals surface area contributed by atoms with Crippen molar-refractivity contribution in [3.8, 4) is 33.6 Å². The van der Waals surface area contributed by atoms with Crippen LogP contribution in [0.5, 0.6) is 0 Å². The van der Waals surface area contributed by atoms with Gasteiger partial charge in [0, 0.05) is 38.6 Å². The number of carboxylic acid groups (broad SMARTS) is 1. The van der Waals surface area contributed by atoms with Gasteiger partial charge in [-0.15, -0.1) is 0 Å². The van der Waals surface area contributed by atoms with Gasteiger partial charge in [0.15, 0.2) is 0 Å². The maximum Gasteiger partial charge on any atom is 0.407 e. The van der Waals surface area contributed by atoms with Gasteiger partial charge in [0.1, 0.15) is 23.7 Å². The van der Waals surface area contributed by atoms with E-state index in [-0.39, 0.29) is 29.7 Å². The highest BCUT2D eigenvalue weighted by molar-refractivity contribution is 7.88. The number of ether oxygens (including phenoxy) is 1. The van der Waals surface area contributed by atoms with Gasteiger partial charge < -0.3 is 34.9 Å². The summed E-state index contributed by atoms with van der Waals surface area (Å²) in [5.41, 5.74) is 4.96. The Bertz CT molecular complexity index is 2370. The number of nitrogens with one attached hydrogen (secondary N) is 3. The standard InChI is InChI=1S/C43H55N9O8S/c1-25(2)35(48-41(55)60-6)39(53)52-24-43(22-50(23-43)61(7,58)59)19-34(52)38-45-21-32(47-38)30-16-12-28(13-17-30)27-10-14-29(15-11-27)31-20-44-37(46-31)33-9-8-18-51(33)40(54)36(26(3)4)49(5)42(56)57/h10-17,20-21,25-26,33-36H,8-9,18-19,22-24H2,1-7H3,(H,44,46)(H,45,47)(H,48,55)(H,56,57)/t33-,34?,35-,36-/m0/s1. The Labute approximate surface area is 355 Å². The molecule has 7 rings (SSSR count). The van der Waals surface area contributed by atoms with Crippen molar-refractivity contribution < 1.29 is 37.4 Å². The van der Waals surface area contributed by atoms with Gasteiger partial charge in [0.25, 0.3) is 0 Å². The van der Waals surface area contributed by atoms with Crippen LogP contribution in [-0.4, -0.2) is 135 Å². The monoisotopic (exact) mass is 857 g/mol. The summed E-state index contributed by atoms with van der Waals surface area (Å²) in [5, 5.41) is 12.3. The van der Waals surface area contributed by atoms with Gasteiger partial charge >= 0.3 is 12.2 Å². The molecule has 61 heavy (non-hydrogen) atoms. The Balaban J connectivity index is 1.05. The first kappa shape index (κ1) is 43.3. The normalized spacial score (nSPS) is 19.9. The van der Waals surface area contributed by atoms with E-state index in [1.807, 2.05) is 76.2 Å². The molecule has 3 aliphatic rings. The first-order chi connectivity index (χ1) is 28.9. The highest BCUT2D eigenvalue weighted by Gasteiger charge is 2.56. The third-order valence-electron chi connectivity index (χ3n) is 12.4. The molecular formula is C43H55N9O8S. The van der Waals surface area contributed by atoms with Crippen molar-refractivity contribution in [3.05, 3.63) is 72.6 Å². The van der Waals surface area contributed by atoms with Crippen molar-refractivity contribution >= 4 is 34.0 Å². The fourth-order valence-corrected chi connectivity index (χ4v) is 10.1. The summed E-state index contributed by atoms with van der Waals surface area (Å²) in [4.78, 5) is 72.5. The van der Waals surface area contributed by atoms with Gasteiger partial charge in [0.05, 0.1) is 49.2 Å². The van der Waals surface area contributed by atoms with Crippen molar-refractivity contribution in [2.24, 2.45) is 17.3 Å². The summed E-state index contributed by atoms with van der Waals surface area (Å²) in [5.74, 6) is 0.337. The number of carbonyl (C=O) groups excluding carboxylic acids is 3.